The summed E-state index contributed by atoms with van der Waals surface area (Å²) in [6, 6.07) is 7.94. The maximum absolute atomic E-state index is 12.3. The highest BCUT2D eigenvalue weighted by Crippen LogP contribution is 2.13. The number of aryl methyl sites for hydroxylation is 1. The van der Waals surface area contributed by atoms with Gasteiger partial charge in [-0.15, -0.1) is 0 Å². The Morgan fingerprint density at radius 2 is 1.72 bits per heavy atom. The maximum Gasteiger partial charge on any atom is 0.407 e. The van der Waals surface area contributed by atoms with Crippen molar-refractivity contribution < 1.29 is 23.9 Å². The van der Waals surface area contributed by atoms with Gasteiger partial charge >= 0.3 is 6.09 Å². The molecule has 0 radical (unpaired) electrons. The van der Waals surface area contributed by atoms with E-state index in [0.717, 1.165) is 18.6 Å². The Hall–Kier alpha value is -2.77. The number of benzene rings is 1. The summed E-state index contributed by atoms with van der Waals surface area (Å²) in [5.74, 6) is 0.831. The summed E-state index contributed by atoms with van der Waals surface area (Å²) in [6.07, 6.45) is 2.25. The summed E-state index contributed by atoms with van der Waals surface area (Å²) in [6.45, 7) is 9.35. The molecule has 1 aliphatic rings. The van der Waals surface area contributed by atoms with Gasteiger partial charge < -0.3 is 25.0 Å². The van der Waals surface area contributed by atoms with Gasteiger partial charge in [-0.2, -0.15) is 0 Å². The lowest BCUT2D eigenvalue weighted by Gasteiger charge is -2.32. The SMILES string of the molecule is Cc1ccc(OCCCC(=O)NC2CCN(C(=O)CCNC(=O)OC(C)(C)C)CC2)cc1. The van der Waals surface area contributed by atoms with Crippen LogP contribution in [0.5, 0.6) is 5.75 Å². The Labute approximate surface area is 191 Å². The summed E-state index contributed by atoms with van der Waals surface area (Å²) in [5.41, 5.74) is 0.621. The second-order valence-electron chi connectivity index (χ2n) is 9.17. The highest BCUT2D eigenvalue weighted by Gasteiger charge is 2.24. The van der Waals surface area contributed by atoms with Gasteiger partial charge in [-0.1, -0.05) is 17.7 Å². The average molecular weight is 448 g/mol. The molecule has 1 aromatic rings. The van der Waals surface area contributed by atoms with Crippen LogP contribution in [0, 0.1) is 6.92 Å². The number of carbonyl (C=O) groups excluding carboxylic acids is 3. The molecule has 1 fully saturated rings. The molecule has 0 aliphatic carbocycles. The number of alkyl carbamates (subject to hydrolysis) is 1. The van der Waals surface area contributed by atoms with E-state index < -0.39 is 11.7 Å². The monoisotopic (exact) mass is 447 g/mol. The van der Waals surface area contributed by atoms with Crippen molar-refractivity contribution in [3.63, 3.8) is 0 Å². The van der Waals surface area contributed by atoms with E-state index in [9.17, 15) is 14.4 Å². The fourth-order valence-electron chi connectivity index (χ4n) is 3.37. The highest BCUT2D eigenvalue weighted by atomic mass is 16.6. The van der Waals surface area contributed by atoms with Gasteiger partial charge in [-0.05, 0) is 59.1 Å². The number of hydrogen-bond donors (Lipinski definition) is 2. The van der Waals surface area contributed by atoms with E-state index in [1.54, 1.807) is 25.7 Å². The largest absolute Gasteiger partial charge is 0.494 e. The minimum atomic E-state index is -0.561. The molecule has 8 heteroatoms. The molecule has 1 aromatic carbocycles. The Balaban J connectivity index is 1.55. The molecule has 1 heterocycles. The summed E-state index contributed by atoms with van der Waals surface area (Å²) >= 11 is 0. The molecular formula is C24H37N3O5. The number of ether oxygens (including phenoxy) is 2. The van der Waals surface area contributed by atoms with Crippen molar-refractivity contribution in [3.05, 3.63) is 29.8 Å². The van der Waals surface area contributed by atoms with Gasteiger partial charge in [0.1, 0.15) is 11.4 Å². The Kier molecular flexibility index (Phi) is 9.81. The first kappa shape index (κ1) is 25.5. The van der Waals surface area contributed by atoms with E-state index in [1.165, 1.54) is 5.56 Å². The Morgan fingerprint density at radius 1 is 1.06 bits per heavy atom. The van der Waals surface area contributed by atoms with Crippen LogP contribution in [-0.4, -0.2) is 60.7 Å². The molecule has 178 valence electrons. The first-order chi connectivity index (χ1) is 15.1. The fourth-order valence-corrected chi connectivity index (χ4v) is 3.37. The lowest BCUT2D eigenvalue weighted by molar-refractivity contribution is -0.132. The molecule has 0 spiro atoms. The van der Waals surface area contributed by atoms with Crippen molar-refractivity contribution in [3.8, 4) is 5.75 Å². The van der Waals surface area contributed by atoms with Crippen LogP contribution in [0.25, 0.3) is 0 Å². The zero-order valence-corrected chi connectivity index (χ0v) is 19.7. The topological polar surface area (TPSA) is 97.0 Å². The van der Waals surface area contributed by atoms with Gasteiger partial charge in [0.15, 0.2) is 0 Å². The quantitative estimate of drug-likeness (QED) is 0.567. The second kappa shape index (κ2) is 12.3. The summed E-state index contributed by atoms with van der Waals surface area (Å²) in [4.78, 5) is 37.9. The number of hydrogen-bond acceptors (Lipinski definition) is 5. The molecule has 0 saturated carbocycles. The zero-order chi connectivity index (χ0) is 23.6. The lowest BCUT2D eigenvalue weighted by atomic mass is 10.0. The Morgan fingerprint density at radius 3 is 2.34 bits per heavy atom. The second-order valence-corrected chi connectivity index (χ2v) is 9.17. The molecule has 32 heavy (non-hydrogen) atoms. The fraction of sp³-hybridized carbons (Fsp3) is 0.625. The van der Waals surface area contributed by atoms with E-state index >= 15 is 0 Å². The van der Waals surface area contributed by atoms with Crippen molar-refractivity contribution >= 4 is 17.9 Å². The van der Waals surface area contributed by atoms with Crippen LogP contribution in [0.4, 0.5) is 4.79 Å². The third kappa shape index (κ3) is 10.0. The van der Waals surface area contributed by atoms with Crippen LogP contribution in [0.3, 0.4) is 0 Å². The number of nitrogens with zero attached hydrogens (tertiary/aromatic N) is 1. The number of rotatable bonds is 9. The van der Waals surface area contributed by atoms with E-state index in [2.05, 4.69) is 10.6 Å². The van der Waals surface area contributed by atoms with Gasteiger partial charge in [-0.3, -0.25) is 9.59 Å². The van der Waals surface area contributed by atoms with E-state index in [4.69, 9.17) is 9.47 Å². The van der Waals surface area contributed by atoms with E-state index in [-0.39, 0.29) is 30.8 Å². The highest BCUT2D eigenvalue weighted by molar-refractivity contribution is 5.78. The molecule has 3 amide bonds. The third-order valence-electron chi connectivity index (χ3n) is 5.06. The standard InChI is InChI=1S/C24H37N3O5/c1-18-7-9-20(10-8-18)31-17-5-6-21(28)26-19-12-15-27(16-13-19)22(29)11-14-25-23(30)32-24(2,3)4/h7-10,19H,5-6,11-17H2,1-4H3,(H,25,30)(H,26,28). The zero-order valence-electron chi connectivity index (χ0n) is 19.7. The minimum absolute atomic E-state index is 0.000843. The van der Waals surface area contributed by atoms with Crippen LogP contribution in [-0.2, 0) is 14.3 Å². The van der Waals surface area contributed by atoms with Crippen molar-refractivity contribution in [2.45, 2.75) is 71.4 Å². The predicted molar refractivity (Wildman–Crippen MR) is 123 cm³/mol. The normalized spacial score (nSPS) is 14.6. The third-order valence-corrected chi connectivity index (χ3v) is 5.06. The van der Waals surface area contributed by atoms with Gasteiger partial charge in [0.2, 0.25) is 11.8 Å². The first-order valence-corrected chi connectivity index (χ1v) is 11.4. The maximum atomic E-state index is 12.3. The van der Waals surface area contributed by atoms with Gasteiger partial charge in [0, 0.05) is 38.5 Å². The Bertz CT molecular complexity index is 750. The van der Waals surface area contributed by atoms with Crippen LogP contribution < -0.4 is 15.4 Å². The summed E-state index contributed by atoms with van der Waals surface area (Å²) in [5, 5.41) is 5.66. The minimum Gasteiger partial charge on any atom is -0.494 e. The average Bonchev–Trinajstić information content (AvgIpc) is 2.71. The molecule has 0 bridgehead atoms. The molecule has 0 aromatic heterocycles. The van der Waals surface area contributed by atoms with Crippen LogP contribution in [0.15, 0.2) is 24.3 Å². The van der Waals surface area contributed by atoms with Crippen LogP contribution >= 0.6 is 0 Å². The van der Waals surface area contributed by atoms with Crippen molar-refractivity contribution in [2.75, 3.05) is 26.2 Å². The van der Waals surface area contributed by atoms with Gasteiger partial charge in [0.05, 0.1) is 6.61 Å². The summed E-state index contributed by atoms with van der Waals surface area (Å²) < 4.78 is 10.8. The predicted octanol–water partition coefficient (Wildman–Crippen LogP) is 3.18. The number of nitrogens with one attached hydrogen (secondary N) is 2. The van der Waals surface area contributed by atoms with Crippen molar-refractivity contribution in [1.29, 1.82) is 0 Å². The van der Waals surface area contributed by atoms with Crippen molar-refractivity contribution in [1.82, 2.24) is 15.5 Å². The lowest BCUT2D eigenvalue weighted by Crippen LogP contribution is -2.47. The number of likely N-dealkylation sites (tertiary alicyclic amines) is 1. The molecular weight excluding hydrogens is 410 g/mol. The van der Waals surface area contributed by atoms with Gasteiger partial charge in [0.25, 0.3) is 0 Å². The van der Waals surface area contributed by atoms with Gasteiger partial charge in [-0.25, -0.2) is 4.79 Å². The molecule has 1 aliphatic heterocycles. The molecule has 1 saturated heterocycles. The number of amides is 3. The van der Waals surface area contributed by atoms with Crippen molar-refractivity contribution in [2.24, 2.45) is 0 Å². The van der Waals surface area contributed by atoms with Crippen LogP contribution in [0.1, 0.15) is 58.4 Å². The molecule has 0 atom stereocenters. The van der Waals surface area contributed by atoms with E-state index in [1.807, 2.05) is 31.2 Å². The smallest absolute Gasteiger partial charge is 0.407 e. The first-order valence-electron chi connectivity index (χ1n) is 11.4. The number of piperidine rings is 1. The molecule has 0 unspecified atom stereocenters. The molecule has 2 N–H and O–H groups in total. The molecule has 8 nitrogen and oxygen atoms in total. The number of carbonyl (C=O) groups is 3. The van der Waals surface area contributed by atoms with E-state index in [0.29, 0.717) is 32.5 Å². The summed E-state index contributed by atoms with van der Waals surface area (Å²) in [7, 11) is 0. The molecule has 2 rings (SSSR count). The van der Waals surface area contributed by atoms with Crippen LogP contribution in [0.2, 0.25) is 0 Å².